The number of alkyl halides is 3. The maximum Gasteiger partial charge on any atom is 0.416 e. The Labute approximate surface area is 158 Å². The minimum atomic E-state index is -4.66. The number of aliphatic hydroxyl groups excluding tert-OH is 1. The normalized spacial score (nSPS) is 18.9. The van der Waals surface area contributed by atoms with Crippen molar-refractivity contribution in [3.63, 3.8) is 0 Å². The van der Waals surface area contributed by atoms with E-state index in [9.17, 15) is 18.3 Å². The second-order valence-electron chi connectivity index (χ2n) is 6.55. The van der Waals surface area contributed by atoms with Crippen molar-refractivity contribution in [3.05, 3.63) is 59.8 Å². The van der Waals surface area contributed by atoms with Crippen LogP contribution in [-0.4, -0.2) is 32.4 Å². The SMILES string of the molecule is OC(c1ccc(OC2CCCCO2)cc1C(F)(F)F)c1cnc2cnccn12. The molecule has 9 heteroatoms. The second kappa shape index (κ2) is 7.40. The van der Waals surface area contributed by atoms with Crippen molar-refractivity contribution in [3.8, 4) is 5.75 Å². The number of ether oxygens (including phenoxy) is 2. The van der Waals surface area contributed by atoms with Crippen LogP contribution in [0.5, 0.6) is 5.75 Å². The first-order valence-corrected chi connectivity index (χ1v) is 8.88. The van der Waals surface area contributed by atoms with Gasteiger partial charge >= 0.3 is 6.18 Å². The molecular formula is C19H18F3N3O3. The fourth-order valence-electron chi connectivity index (χ4n) is 3.27. The maximum absolute atomic E-state index is 13.7. The topological polar surface area (TPSA) is 68.9 Å². The predicted octanol–water partition coefficient (Wildman–Crippen LogP) is 3.74. The zero-order chi connectivity index (χ0) is 19.7. The molecule has 1 fully saturated rings. The van der Waals surface area contributed by atoms with Gasteiger partial charge in [-0.1, -0.05) is 6.07 Å². The minimum Gasteiger partial charge on any atom is -0.465 e. The molecule has 1 aliphatic rings. The standard InChI is InChI=1S/C19H18F3N3O3/c20-19(21,22)14-9-12(28-17-3-1-2-8-27-17)4-5-13(14)18(26)15-10-24-16-11-23-6-7-25(15)16/h4-7,9-11,17-18,26H,1-3,8H2. The fourth-order valence-corrected chi connectivity index (χ4v) is 3.27. The summed E-state index contributed by atoms with van der Waals surface area (Å²) >= 11 is 0. The Balaban J connectivity index is 1.69. The summed E-state index contributed by atoms with van der Waals surface area (Å²) < 4.78 is 53.6. The molecule has 0 saturated carbocycles. The first-order chi connectivity index (χ1) is 13.4. The molecule has 4 rings (SSSR count). The molecule has 2 unspecified atom stereocenters. The van der Waals surface area contributed by atoms with Crippen LogP contribution in [0.25, 0.3) is 5.65 Å². The molecule has 0 aliphatic carbocycles. The molecule has 1 saturated heterocycles. The number of aromatic nitrogens is 3. The Morgan fingerprint density at radius 1 is 1.25 bits per heavy atom. The number of hydrogen-bond acceptors (Lipinski definition) is 5. The predicted molar refractivity (Wildman–Crippen MR) is 92.7 cm³/mol. The lowest BCUT2D eigenvalue weighted by Crippen LogP contribution is -2.25. The summed E-state index contributed by atoms with van der Waals surface area (Å²) in [5.41, 5.74) is -0.591. The van der Waals surface area contributed by atoms with Gasteiger partial charge in [0.25, 0.3) is 0 Å². The summed E-state index contributed by atoms with van der Waals surface area (Å²) in [7, 11) is 0. The van der Waals surface area contributed by atoms with Gasteiger partial charge in [-0.25, -0.2) is 4.98 Å². The van der Waals surface area contributed by atoms with Crippen LogP contribution in [0.2, 0.25) is 0 Å². The molecular weight excluding hydrogens is 375 g/mol. The van der Waals surface area contributed by atoms with Gasteiger partial charge in [0, 0.05) is 18.8 Å². The summed E-state index contributed by atoms with van der Waals surface area (Å²) in [5, 5.41) is 10.7. The summed E-state index contributed by atoms with van der Waals surface area (Å²) in [6.07, 6.45) is 1.50. The molecule has 1 aromatic carbocycles. The number of nitrogens with zero attached hydrogens (tertiary/aromatic N) is 3. The smallest absolute Gasteiger partial charge is 0.416 e. The van der Waals surface area contributed by atoms with Crippen LogP contribution in [-0.2, 0) is 10.9 Å². The lowest BCUT2D eigenvalue weighted by Gasteiger charge is -2.24. The number of hydrogen-bond donors (Lipinski definition) is 1. The molecule has 0 radical (unpaired) electrons. The maximum atomic E-state index is 13.7. The molecule has 148 valence electrons. The zero-order valence-corrected chi connectivity index (χ0v) is 14.8. The van der Waals surface area contributed by atoms with Gasteiger partial charge in [0.2, 0.25) is 0 Å². The van der Waals surface area contributed by atoms with Crippen molar-refractivity contribution < 1.29 is 27.8 Å². The number of imidazole rings is 1. The minimum absolute atomic E-state index is 0.0533. The summed E-state index contributed by atoms with van der Waals surface area (Å²) in [5.74, 6) is 0.0533. The van der Waals surface area contributed by atoms with Gasteiger partial charge in [-0.2, -0.15) is 13.2 Å². The number of benzene rings is 1. The molecule has 1 aliphatic heterocycles. The third-order valence-electron chi connectivity index (χ3n) is 4.66. The third-order valence-corrected chi connectivity index (χ3v) is 4.66. The molecule has 2 aromatic heterocycles. The molecule has 3 aromatic rings. The van der Waals surface area contributed by atoms with Gasteiger partial charge in [0.1, 0.15) is 11.9 Å². The van der Waals surface area contributed by atoms with Crippen molar-refractivity contribution in [2.45, 2.75) is 37.8 Å². The van der Waals surface area contributed by atoms with Crippen LogP contribution in [0, 0.1) is 0 Å². The Hall–Kier alpha value is -2.65. The van der Waals surface area contributed by atoms with Crippen molar-refractivity contribution in [1.82, 2.24) is 14.4 Å². The van der Waals surface area contributed by atoms with E-state index in [0.29, 0.717) is 18.7 Å². The number of fused-ring (bicyclic) bond motifs is 1. The largest absolute Gasteiger partial charge is 0.465 e. The highest BCUT2D eigenvalue weighted by molar-refractivity contribution is 5.44. The lowest BCUT2D eigenvalue weighted by molar-refractivity contribution is -0.139. The molecule has 1 N–H and O–H groups in total. The quantitative estimate of drug-likeness (QED) is 0.732. The molecule has 0 amide bonds. The van der Waals surface area contributed by atoms with Gasteiger partial charge in [0.15, 0.2) is 11.9 Å². The van der Waals surface area contributed by atoms with E-state index in [1.807, 2.05) is 0 Å². The van der Waals surface area contributed by atoms with Crippen molar-refractivity contribution >= 4 is 5.65 Å². The summed E-state index contributed by atoms with van der Waals surface area (Å²) in [4.78, 5) is 7.98. The van der Waals surface area contributed by atoms with E-state index >= 15 is 0 Å². The Morgan fingerprint density at radius 2 is 2.11 bits per heavy atom. The van der Waals surface area contributed by atoms with Gasteiger partial charge in [-0.15, -0.1) is 0 Å². The molecule has 6 nitrogen and oxygen atoms in total. The lowest BCUT2D eigenvalue weighted by atomic mass is 9.99. The van der Waals surface area contributed by atoms with Crippen LogP contribution in [0.4, 0.5) is 13.2 Å². The second-order valence-corrected chi connectivity index (χ2v) is 6.55. The van der Waals surface area contributed by atoms with E-state index in [-0.39, 0.29) is 17.0 Å². The van der Waals surface area contributed by atoms with Crippen molar-refractivity contribution in [2.75, 3.05) is 6.61 Å². The zero-order valence-electron chi connectivity index (χ0n) is 14.8. The van der Waals surface area contributed by atoms with Crippen LogP contribution < -0.4 is 4.74 Å². The van der Waals surface area contributed by atoms with E-state index < -0.39 is 24.1 Å². The van der Waals surface area contributed by atoms with Crippen molar-refractivity contribution in [2.24, 2.45) is 0 Å². The number of aliphatic hydroxyl groups is 1. The van der Waals surface area contributed by atoms with E-state index in [1.54, 1.807) is 0 Å². The monoisotopic (exact) mass is 393 g/mol. The first-order valence-electron chi connectivity index (χ1n) is 8.88. The average Bonchev–Trinajstić information content (AvgIpc) is 3.12. The highest BCUT2D eigenvalue weighted by atomic mass is 19.4. The Bertz CT molecular complexity index is 968. The highest BCUT2D eigenvalue weighted by Crippen LogP contribution is 2.39. The van der Waals surface area contributed by atoms with E-state index in [1.165, 1.54) is 41.3 Å². The van der Waals surface area contributed by atoms with Gasteiger partial charge in [0.05, 0.1) is 30.3 Å². The number of halogens is 3. The Kier molecular flexibility index (Phi) is 4.94. The fraction of sp³-hybridized carbons (Fsp3) is 0.368. The summed E-state index contributed by atoms with van der Waals surface area (Å²) in [6.45, 7) is 0.525. The summed E-state index contributed by atoms with van der Waals surface area (Å²) in [6, 6.07) is 3.55. The van der Waals surface area contributed by atoms with E-state index in [2.05, 4.69) is 9.97 Å². The third kappa shape index (κ3) is 3.67. The van der Waals surface area contributed by atoms with Crippen LogP contribution in [0.15, 0.2) is 43.0 Å². The van der Waals surface area contributed by atoms with Gasteiger partial charge in [-0.3, -0.25) is 9.38 Å². The van der Waals surface area contributed by atoms with Crippen LogP contribution in [0.3, 0.4) is 0 Å². The molecule has 28 heavy (non-hydrogen) atoms. The molecule has 2 atom stereocenters. The van der Waals surface area contributed by atoms with Crippen LogP contribution >= 0.6 is 0 Å². The number of rotatable bonds is 4. The molecule has 0 bridgehead atoms. The highest BCUT2D eigenvalue weighted by Gasteiger charge is 2.36. The first kappa shape index (κ1) is 18.7. The molecule has 0 spiro atoms. The van der Waals surface area contributed by atoms with Gasteiger partial charge < -0.3 is 14.6 Å². The Morgan fingerprint density at radius 3 is 2.86 bits per heavy atom. The van der Waals surface area contributed by atoms with Crippen LogP contribution in [0.1, 0.15) is 42.2 Å². The van der Waals surface area contributed by atoms with Crippen molar-refractivity contribution in [1.29, 1.82) is 0 Å². The van der Waals surface area contributed by atoms with Gasteiger partial charge in [-0.05, 0) is 30.5 Å². The average molecular weight is 393 g/mol. The van der Waals surface area contributed by atoms with E-state index in [4.69, 9.17) is 9.47 Å². The van der Waals surface area contributed by atoms with E-state index in [0.717, 1.165) is 18.9 Å². The molecule has 3 heterocycles.